The van der Waals surface area contributed by atoms with Gasteiger partial charge in [-0.05, 0) is 54.0 Å². The van der Waals surface area contributed by atoms with Crippen molar-refractivity contribution in [2.75, 3.05) is 13.1 Å². The van der Waals surface area contributed by atoms with Gasteiger partial charge in [-0.15, -0.1) is 0 Å². The molecule has 0 aliphatic carbocycles. The first kappa shape index (κ1) is 24.2. The standard InChI is InChI=1S/C30H29F3N2O/c31-30(32,33)24-10-6-9-23(18-24)26(27-20-34-28-12-5-4-11-25(27)28)19-29(36)35-15-13-22(14-16-35)17-21-7-2-1-3-8-21/h1-12,18,20,22,26,34H,13-17,19H2. The topological polar surface area (TPSA) is 36.1 Å². The lowest BCUT2D eigenvalue weighted by atomic mass is 9.86. The van der Waals surface area contributed by atoms with E-state index in [2.05, 4.69) is 17.1 Å². The third kappa shape index (κ3) is 5.32. The van der Waals surface area contributed by atoms with E-state index in [0.29, 0.717) is 24.6 Å². The minimum Gasteiger partial charge on any atom is -0.361 e. The number of carbonyl (C=O) groups excluding carboxylic acids is 1. The van der Waals surface area contributed by atoms with Crippen LogP contribution in [0, 0.1) is 5.92 Å². The fourth-order valence-electron chi connectivity index (χ4n) is 5.36. The number of alkyl halides is 3. The highest BCUT2D eigenvalue weighted by atomic mass is 19.4. The highest BCUT2D eigenvalue weighted by molar-refractivity contribution is 5.86. The zero-order valence-corrected chi connectivity index (χ0v) is 20.0. The zero-order valence-electron chi connectivity index (χ0n) is 20.0. The van der Waals surface area contributed by atoms with Gasteiger partial charge < -0.3 is 9.88 Å². The monoisotopic (exact) mass is 490 g/mol. The number of aromatic amines is 1. The summed E-state index contributed by atoms with van der Waals surface area (Å²) in [5.41, 5.74) is 2.86. The van der Waals surface area contributed by atoms with E-state index in [9.17, 15) is 18.0 Å². The van der Waals surface area contributed by atoms with Crippen molar-refractivity contribution in [2.45, 2.75) is 37.8 Å². The number of H-pyrrole nitrogens is 1. The quantitative estimate of drug-likeness (QED) is 0.305. The Hall–Kier alpha value is -3.54. The smallest absolute Gasteiger partial charge is 0.361 e. The normalized spacial score (nSPS) is 15.8. The van der Waals surface area contributed by atoms with Crippen molar-refractivity contribution < 1.29 is 18.0 Å². The summed E-state index contributed by atoms with van der Waals surface area (Å²) >= 11 is 0. The number of aromatic nitrogens is 1. The third-order valence-corrected chi connectivity index (χ3v) is 7.33. The zero-order chi connectivity index (χ0) is 25.1. The largest absolute Gasteiger partial charge is 0.416 e. The van der Waals surface area contributed by atoms with Crippen LogP contribution in [0.15, 0.2) is 85.1 Å². The number of likely N-dealkylation sites (tertiary alicyclic amines) is 1. The molecule has 1 amide bonds. The molecule has 4 aromatic rings. The number of amides is 1. The minimum absolute atomic E-state index is 0.0131. The van der Waals surface area contributed by atoms with Crippen molar-refractivity contribution in [3.63, 3.8) is 0 Å². The van der Waals surface area contributed by atoms with E-state index in [1.165, 1.54) is 17.7 Å². The van der Waals surface area contributed by atoms with E-state index in [1.807, 2.05) is 53.6 Å². The Bertz CT molecular complexity index is 1320. The molecule has 1 aliphatic rings. The summed E-state index contributed by atoms with van der Waals surface area (Å²) in [6.45, 7) is 1.36. The summed E-state index contributed by atoms with van der Waals surface area (Å²) in [6, 6.07) is 23.5. The first-order valence-corrected chi connectivity index (χ1v) is 12.4. The maximum absolute atomic E-state index is 13.5. The molecule has 2 heterocycles. The Kier molecular flexibility index (Phi) is 6.86. The van der Waals surface area contributed by atoms with Gasteiger partial charge in [-0.3, -0.25) is 4.79 Å². The van der Waals surface area contributed by atoms with E-state index in [4.69, 9.17) is 0 Å². The second-order valence-electron chi connectivity index (χ2n) is 9.68. The summed E-state index contributed by atoms with van der Waals surface area (Å²) < 4.78 is 40.5. The Morgan fingerprint density at radius 1 is 0.944 bits per heavy atom. The van der Waals surface area contributed by atoms with E-state index in [0.717, 1.165) is 41.8 Å². The molecule has 0 radical (unpaired) electrons. The first-order chi connectivity index (χ1) is 17.4. The Balaban J connectivity index is 1.36. The maximum atomic E-state index is 13.5. The number of rotatable bonds is 6. The predicted molar refractivity (Wildman–Crippen MR) is 136 cm³/mol. The number of piperidine rings is 1. The van der Waals surface area contributed by atoms with Gasteiger partial charge >= 0.3 is 6.18 Å². The van der Waals surface area contributed by atoms with Crippen LogP contribution in [0.2, 0.25) is 0 Å². The third-order valence-electron chi connectivity index (χ3n) is 7.33. The first-order valence-electron chi connectivity index (χ1n) is 12.4. The molecule has 0 saturated carbocycles. The number of carbonyl (C=O) groups is 1. The van der Waals surface area contributed by atoms with Crippen molar-refractivity contribution in [3.8, 4) is 0 Å². The van der Waals surface area contributed by atoms with Crippen molar-refractivity contribution in [2.24, 2.45) is 5.92 Å². The molecule has 1 saturated heterocycles. The molecule has 5 rings (SSSR count). The molecule has 1 atom stereocenters. The van der Waals surface area contributed by atoms with Gasteiger partial charge in [-0.1, -0.05) is 66.7 Å². The van der Waals surface area contributed by atoms with E-state index >= 15 is 0 Å². The fraction of sp³-hybridized carbons (Fsp3) is 0.300. The Morgan fingerprint density at radius 3 is 2.42 bits per heavy atom. The van der Waals surface area contributed by atoms with Crippen molar-refractivity contribution in [1.82, 2.24) is 9.88 Å². The van der Waals surface area contributed by atoms with Crippen LogP contribution in [-0.2, 0) is 17.4 Å². The Labute approximate surface area is 208 Å². The number of para-hydroxylation sites is 1. The van der Waals surface area contributed by atoms with Crippen LogP contribution in [0.3, 0.4) is 0 Å². The summed E-state index contributed by atoms with van der Waals surface area (Å²) in [4.78, 5) is 18.6. The van der Waals surface area contributed by atoms with Crippen molar-refractivity contribution in [3.05, 3.63) is 107 Å². The molecular formula is C30H29F3N2O. The number of halogens is 3. The highest BCUT2D eigenvalue weighted by Gasteiger charge is 2.32. The number of hydrogen-bond acceptors (Lipinski definition) is 1. The molecule has 1 fully saturated rings. The second-order valence-corrected chi connectivity index (χ2v) is 9.68. The molecule has 6 heteroatoms. The Morgan fingerprint density at radius 2 is 1.67 bits per heavy atom. The van der Waals surface area contributed by atoms with Gasteiger partial charge in [-0.25, -0.2) is 0 Å². The van der Waals surface area contributed by atoms with Gasteiger partial charge in [0.15, 0.2) is 0 Å². The van der Waals surface area contributed by atoms with Crippen LogP contribution in [0.4, 0.5) is 13.2 Å². The van der Waals surface area contributed by atoms with Gasteiger partial charge in [0.2, 0.25) is 5.91 Å². The second kappa shape index (κ2) is 10.2. The molecule has 186 valence electrons. The average molecular weight is 491 g/mol. The van der Waals surface area contributed by atoms with Crippen LogP contribution in [0.5, 0.6) is 0 Å². The predicted octanol–water partition coefficient (Wildman–Crippen LogP) is 7.19. The van der Waals surface area contributed by atoms with Crippen molar-refractivity contribution in [1.29, 1.82) is 0 Å². The van der Waals surface area contributed by atoms with Crippen molar-refractivity contribution >= 4 is 16.8 Å². The van der Waals surface area contributed by atoms with Crippen LogP contribution in [0.1, 0.15) is 47.4 Å². The maximum Gasteiger partial charge on any atom is 0.416 e. The average Bonchev–Trinajstić information content (AvgIpc) is 3.32. The van der Waals surface area contributed by atoms with Crippen LogP contribution in [0.25, 0.3) is 10.9 Å². The summed E-state index contributed by atoms with van der Waals surface area (Å²) in [7, 11) is 0. The number of nitrogens with one attached hydrogen (secondary N) is 1. The molecule has 3 nitrogen and oxygen atoms in total. The summed E-state index contributed by atoms with van der Waals surface area (Å²) in [5.74, 6) is 0.0446. The molecule has 1 aliphatic heterocycles. The van der Waals surface area contributed by atoms with Gasteiger partial charge in [-0.2, -0.15) is 13.2 Å². The number of fused-ring (bicyclic) bond motifs is 1. The molecular weight excluding hydrogens is 461 g/mol. The molecule has 3 aromatic carbocycles. The lowest BCUT2D eigenvalue weighted by Gasteiger charge is -2.33. The van der Waals surface area contributed by atoms with Gasteiger partial charge in [0, 0.05) is 42.5 Å². The van der Waals surface area contributed by atoms with Gasteiger partial charge in [0.1, 0.15) is 0 Å². The van der Waals surface area contributed by atoms with Crippen LogP contribution < -0.4 is 0 Å². The molecule has 0 bridgehead atoms. The van der Waals surface area contributed by atoms with Gasteiger partial charge in [0.25, 0.3) is 0 Å². The summed E-state index contributed by atoms with van der Waals surface area (Å²) in [5, 5.41) is 0.925. The molecule has 0 spiro atoms. The molecule has 1 unspecified atom stereocenters. The van der Waals surface area contributed by atoms with Gasteiger partial charge in [0.05, 0.1) is 5.56 Å². The minimum atomic E-state index is -4.44. The number of nitrogens with zero attached hydrogens (tertiary/aromatic N) is 1. The molecule has 1 N–H and O–H groups in total. The van der Waals surface area contributed by atoms with E-state index in [1.54, 1.807) is 6.07 Å². The SMILES string of the molecule is O=C(CC(c1cccc(C(F)(F)F)c1)c1c[nH]c2ccccc12)N1CCC(Cc2ccccc2)CC1. The number of benzene rings is 3. The fourth-order valence-corrected chi connectivity index (χ4v) is 5.36. The van der Waals surface area contributed by atoms with Crippen LogP contribution in [-0.4, -0.2) is 28.9 Å². The van der Waals surface area contributed by atoms with Crippen LogP contribution >= 0.6 is 0 Å². The van der Waals surface area contributed by atoms with E-state index in [-0.39, 0.29) is 12.3 Å². The highest BCUT2D eigenvalue weighted by Crippen LogP contribution is 2.37. The lowest BCUT2D eigenvalue weighted by molar-refractivity contribution is -0.137. The summed E-state index contributed by atoms with van der Waals surface area (Å²) in [6.07, 6.45) is 0.391. The molecule has 36 heavy (non-hydrogen) atoms. The number of hydrogen-bond donors (Lipinski definition) is 1. The molecule has 1 aromatic heterocycles. The lowest BCUT2D eigenvalue weighted by Crippen LogP contribution is -2.39. The van der Waals surface area contributed by atoms with E-state index < -0.39 is 17.7 Å².